The second-order valence-electron chi connectivity index (χ2n) is 2.71. The molecule has 0 saturated carbocycles. The normalized spacial score (nSPS) is 13.3. The van der Waals surface area contributed by atoms with Crippen LogP contribution < -0.4 is 0 Å². The Bertz CT molecular complexity index is 426. The summed E-state index contributed by atoms with van der Waals surface area (Å²) in [4.78, 5) is -0.255. The maximum absolute atomic E-state index is 9.94. The number of rotatable bonds is 2. The van der Waals surface area contributed by atoms with Gasteiger partial charge in [0.25, 0.3) is 0 Å². The van der Waals surface area contributed by atoms with Crippen LogP contribution in [0.15, 0.2) is 22.0 Å². The Kier molecular flexibility index (Phi) is 12.7. The molecule has 0 aromatic carbocycles. The summed E-state index contributed by atoms with van der Waals surface area (Å²) < 4.78 is 59.6. The van der Waals surface area contributed by atoms with Crippen LogP contribution in [-0.4, -0.2) is 63.7 Å². The Hall–Kier alpha value is 0.560. The van der Waals surface area contributed by atoms with Crippen molar-refractivity contribution in [1.82, 2.24) is 0 Å². The van der Waals surface area contributed by atoms with Gasteiger partial charge < -0.3 is 9.11 Å². The van der Waals surface area contributed by atoms with E-state index in [2.05, 4.69) is 0 Å². The number of allylic oxidation sites excluding steroid dienone is 4. The van der Waals surface area contributed by atoms with Crippen molar-refractivity contribution in [2.45, 2.75) is 27.7 Å². The Balaban J connectivity index is -0.000000218. The molecule has 0 radical (unpaired) electrons. The molecule has 17 heavy (non-hydrogen) atoms. The fourth-order valence-corrected chi connectivity index (χ4v) is 0.866. The first-order valence-electron chi connectivity index (χ1n) is 4.14. The van der Waals surface area contributed by atoms with Crippen LogP contribution in [0.5, 0.6) is 0 Å². The van der Waals surface area contributed by atoms with Crippen molar-refractivity contribution in [2.24, 2.45) is 0 Å². The molecule has 0 spiro atoms. The Morgan fingerprint density at radius 2 is 1.00 bits per heavy atom. The van der Waals surface area contributed by atoms with Gasteiger partial charge in [0.05, 0.1) is 0 Å². The minimum Gasteiger partial charge on any atom is -0.744 e. The maximum Gasteiger partial charge on any atom is 2.00 e. The molecule has 0 aliphatic rings. The van der Waals surface area contributed by atoms with E-state index < -0.39 is 20.2 Å². The Labute approximate surface area is 132 Å². The first-order valence-corrected chi connectivity index (χ1v) is 6.96. The monoisotopic (exact) mass is 310 g/mol. The molecule has 0 rings (SSSR count). The van der Waals surface area contributed by atoms with Crippen LogP contribution in [0.25, 0.3) is 0 Å². The maximum atomic E-state index is 9.94. The Morgan fingerprint density at radius 3 is 1.00 bits per heavy atom. The minimum atomic E-state index is -4.14. The molecule has 0 N–H and O–H groups in total. The van der Waals surface area contributed by atoms with Gasteiger partial charge in [-0.2, -0.15) is 0 Å². The molecule has 9 heteroatoms. The molecule has 0 aromatic rings. The van der Waals surface area contributed by atoms with Crippen LogP contribution in [0.3, 0.4) is 0 Å². The van der Waals surface area contributed by atoms with Crippen LogP contribution in [-0.2, 0) is 20.2 Å². The van der Waals surface area contributed by atoms with Crippen LogP contribution in [0.2, 0.25) is 0 Å². The van der Waals surface area contributed by atoms with Crippen molar-refractivity contribution < 1.29 is 25.9 Å². The predicted molar refractivity (Wildman–Crippen MR) is 64.0 cm³/mol. The predicted octanol–water partition coefficient (Wildman–Crippen LogP) is 0.530. The summed E-state index contributed by atoms with van der Waals surface area (Å²) in [5, 5.41) is 0. The average molecular weight is 310 g/mol. The largest absolute Gasteiger partial charge is 2.00 e. The standard InChI is InChI=1S/2C4H8O3S.Ca/c2*1-3-4(2)8(5,6)7;/h2*3H,1-2H3,(H,5,6,7);/q;;+2/p-2/b4-3+;4-3-;. The first-order chi connectivity index (χ1) is 6.96. The molecule has 0 unspecified atom stereocenters. The van der Waals surface area contributed by atoms with E-state index in [4.69, 9.17) is 0 Å². The van der Waals surface area contributed by atoms with Gasteiger partial charge in [-0.25, -0.2) is 16.8 Å². The van der Waals surface area contributed by atoms with Gasteiger partial charge in [0.1, 0.15) is 20.2 Å². The quantitative estimate of drug-likeness (QED) is 0.543. The second-order valence-corrected chi connectivity index (χ2v) is 5.81. The second kappa shape index (κ2) is 9.48. The zero-order valence-corrected chi connectivity index (χ0v) is 14.0. The summed E-state index contributed by atoms with van der Waals surface area (Å²) in [6, 6.07) is 0. The molecule has 0 aromatic heterocycles. The van der Waals surface area contributed by atoms with Gasteiger partial charge in [0.2, 0.25) is 0 Å². The van der Waals surface area contributed by atoms with Crippen molar-refractivity contribution in [3.8, 4) is 0 Å². The van der Waals surface area contributed by atoms with Gasteiger partial charge in [0, 0.05) is 9.81 Å². The molecular weight excluding hydrogens is 296 g/mol. The van der Waals surface area contributed by atoms with Crippen molar-refractivity contribution in [1.29, 1.82) is 0 Å². The average Bonchev–Trinajstić information content (AvgIpc) is 2.13. The molecular formula is C8H14CaO6S2. The van der Waals surface area contributed by atoms with Gasteiger partial charge >= 0.3 is 37.7 Å². The first kappa shape index (κ1) is 22.7. The zero-order valence-electron chi connectivity index (χ0n) is 10.1. The van der Waals surface area contributed by atoms with Crippen molar-refractivity contribution in [2.75, 3.05) is 0 Å². The van der Waals surface area contributed by atoms with Gasteiger partial charge in [-0.3, -0.25) is 0 Å². The fourth-order valence-electron chi connectivity index (χ4n) is 0.289. The molecule has 0 saturated heterocycles. The molecule has 0 bridgehead atoms. The van der Waals surface area contributed by atoms with Gasteiger partial charge in [-0.05, 0) is 27.7 Å². The molecule has 0 fully saturated rings. The van der Waals surface area contributed by atoms with Crippen molar-refractivity contribution in [3.05, 3.63) is 22.0 Å². The van der Waals surface area contributed by atoms with E-state index >= 15 is 0 Å². The Morgan fingerprint density at radius 1 is 0.824 bits per heavy atom. The summed E-state index contributed by atoms with van der Waals surface area (Å²) in [6.07, 6.45) is 2.53. The van der Waals surface area contributed by atoms with Crippen molar-refractivity contribution >= 4 is 58.0 Å². The van der Waals surface area contributed by atoms with E-state index in [1.54, 1.807) is 0 Å². The molecule has 0 amide bonds. The van der Waals surface area contributed by atoms with E-state index in [-0.39, 0.29) is 47.5 Å². The molecule has 96 valence electrons. The third-order valence-corrected chi connectivity index (χ3v) is 3.65. The smallest absolute Gasteiger partial charge is 0.744 e. The summed E-state index contributed by atoms with van der Waals surface area (Å²) in [5.41, 5.74) is 0. The van der Waals surface area contributed by atoms with E-state index in [1.165, 1.54) is 39.8 Å². The van der Waals surface area contributed by atoms with Crippen LogP contribution >= 0.6 is 0 Å². The van der Waals surface area contributed by atoms with E-state index in [0.717, 1.165) is 0 Å². The molecule has 0 aliphatic heterocycles. The third kappa shape index (κ3) is 12.8. The van der Waals surface area contributed by atoms with Gasteiger partial charge in [-0.15, -0.1) is 0 Å². The summed E-state index contributed by atoms with van der Waals surface area (Å²) in [7, 11) is -8.28. The van der Waals surface area contributed by atoms with Gasteiger partial charge in [-0.1, -0.05) is 12.2 Å². The van der Waals surface area contributed by atoms with E-state index in [0.29, 0.717) is 0 Å². The van der Waals surface area contributed by atoms with E-state index in [1.807, 2.05) is 0 Å². The van der Waals surface area contributed by atoms with Crippen LogP contribution in [0.4, 0.5) is 0 Å². The SMILES string of the molecule is C/C=C(/C)S(=O)(=O)[O-].C/C=C(\C)S(=O)(=O)[O-].[Ca+2]. The van der Waals surface area contributed by atoms with E-state index in [9.17, 15) is 25.9 Å². The molecule has 0 aliphatic carbocycles. The molecule has 6 nitrogen and oxygen atoms in total. The zero-order chi connectivity index (χ0) is 13.6. The third-order valence-electron chi connectivity index (χ3n) is 1.60. The number of hydrogen-bond donors (Lipinski definition) is 0. The number of hydrogen-bond acceptors (Lipinski definition) is 6. The van der Waals surface area contributed by atoms with Crippen LogP contribution in [0.1, 0.15) is 27.7 Å². The fraction of sp³-hybridized carbons (Fsp3) is 0.500. The van der Waals surface area contributed by atoms with Crippen LogP contribution in [0, 0.1) is 0 Å². The summed E-state index contributed by atoms with van der Waals surface area (Å²) in [5.74, 6) is 0. The minimum absolute atomic E-state index is 0. The van der Waals surface area contributed by atoms with Gasteiger partial charge in [0.15, 0.2) is 0 Å². The summed E-state index contributed by atoms with van der Waals surface area (Å²) >= 11 is 0. The topological polar surface area (TPSA) is 114 Å². The summed E-state index contributed by atoms with van der Waals surface area (Å²) in [6.45, 7) is 5.54. The molecule has 0 heterocycles. The van der Waals surface area contributed by atoms with Crippen molar-refractivity contribution in [3.63, 3.8) is 0 Å². The molecule has 0 atom stereocenters.